The van der Waals surface area contributed by atoms with Gasteiger partial charge in [-0.05, 0) is 11.6 Å². The molecule has 3 atom stereocenters. The molecule has 1 aromatic carbocycles. The SMILES string of the molecule is COC(=O)C1CS(=O)CC(c2cccc(Cl)c2Cl)N1. The minimum atomic E-state index is -1.10. The molecule has 7 heteroatoms. The van der Waals surface area contributed by atoms with Gasteiger partial charge in [-0.1, -0.05) is 35.3 Å². The Hall–Kier alpha value is -0.620. The molecule has 0 aliphatic carbocycles. The summed E-state index contributed by atoms with van der Waals surface area (Å²) in [7, 11) is 0.205. The minimum absolute atomic E-state index is 0.251. The van der Waals surface area contributed by atoms with E-state index in [1.807, 2.05) is 6.07 Å². The molecule has 0 amide bonds. The first-order chi connectivity index (χ1) is 9.02. The zero-order chi connectivity index (χ0) is 14.0. The van der Waals surface area contributed by atoms with Gasteiger partial charge in [0.05, 0.1) is 17.2 Å². The molecule has 0 saturated carbocycles. The maximum absolute atomic E-state index is 11.9. The summed E-state index contributed by atoms with van der Waals surface area (Å²) < 4.78 is 16.5. The van der Waals surface area contributed by atoms with E-state index in [1.165, 1.54) is 7.11 Å². The smallest absolute Gasteiger partial charge is 0.323 e. The van der Waals surface area contributed by atoms with Crippen molar-refractivity contribution in [1.29, 1.82) is 0 Å². The van der Waals surface area contributed by atoms with Gasteiger partial charge in [0.25, 0.3) is 0 Å². The van der Waals surface area contributed by atoms with Crippen molar-refractivity contribution < 1.29 is 13.7 Å². The number of carbonyl (C=O) groups is 1. The number of carbonyl (C=O) groups excluding carboxylic acids is 1. The van der Waals surface area contributed by atoms with Gasteiger partial charge in [-0.15, -0.1) is 0 Å². The molecule has 0 aromatic heterocycles. The fourth-order valence-electron chi connectivity index (χ4n) is 2.03. The second kappa shape index (κ2) is 6.22. The highest BCUT2D eigenvalue weighted by atomic mass is 35.5. The third kappa shape index (κ3) is 3.28. The Kier molecular flexibility index (Phi) is 4.84. The van der Waals surface area contributed by atoms with Gasteiger partial charge in [-0.3, -0.25) is 14.3 Å². The lowest BCUT2D eigenvalue weighted by molar-refractivity contribution is -0.142. The van der Waals surface area contributed by atoms with E-state index in [0.29, 0.717) is 15.8 Å². The maximum Gasteiger partial charge on any atom is 0.323 e. The number of rotatable bonds is 2. The van der Waals surface area contributed by atoms with Crippen LogP contribution in [0.2, 0.25) is 10.0 Å². The fourth-order valence-corrected chi connectivity index (χ4v) is 3.85. The third-order valence-corrected chi connectivity index (χ3v) is 5.19. The predicted molar refractivity (Wildman–Crippen MR) is 76.0 cm³/mol. The Morgan fingerprint density at radius 3 is 2.84 bits per heavy atom. The molecule has 1 N–H and O–H groups in total. The largest absolute Gasteiger partial charge is 0.468 e. The number of benzene rings is 1. The summed E-state index contributed by atoms with van der Waals surface area (Å²) in [6, 6.07) is 4.41. The molecule has 0 radical (unpaired) electrons. The zero-order valence-electron chi connectivity index (χ0n) is 10.2. The average molecular weight is 322 g/mol. The van der Waals surface area contributed by atoms with Crippen molar-refractivity contribution in [1.82, 2.24) is 5.32 Å². The standard InChI is InChI=1S/C12H13Cl2NO3S/c1-18-12(16)10-6-19(17)5-9(15-10)7-3-2-4-8(13)11(7)14/h2-4,9-10,15H,5-6H2,1H3. The highest BCUT2D eigenvalue weighted by molar-refractivity contribution is 7.85. The molecule has 1 heterocycles. The van der Waals surface area contributed by atoms with Gasteiger partial charge >= 0.3 is 5.97 Å². The molecule has 3 unspecified atom stereocenters. The number of ether oxygens (including phenoxy) is 1. The highest BCUT2D eigenvalue weighted by Gasteiger charge is 2.32. The fraction of sp³-hybridized carbons (Fsp3) is 0.417. The van der Waals surface area contributed by atoms with E-state index >= 15 is 0 Å². The summed E-state index contributed by atoms with van der Waals surface area (Å²) in [6.07, 6.45) is 0. The zero-order valence-corrected chi connectivity index (χ0v) is 12.5. The molecule has 104 valence electrons. The Morgan fingerprint density at radius 1 is 1.42 bits per heavy atom. The van der Waals surface area contributed by atoms with E-state index in [-0.39, 0.29) is 11.8 Å². The first-order valence-electron chi connectivity index (χ1n) is 5.65. The first kappa shape index (κ1) is 14.8. The van der Waals surface area contributed by atoms with Crippen molar-refractivity contribution in [2.75, 3.05) is 18.6 Å². The van der Waals surface area contributed by atoms with Crippen molar-refractivity contribution in [2.24, 2.45) is 0 Å². The molecule has 1 aromatic rings. The van der Waals surface area contributed by atoms with Gasteiger partial charge in [0, 0.05) is 28.3 Å². The predicted octanol–water partition coefficient (Wildman–Crippen LogP) is 1.93. The summed E-state index contributed by atoms with van der Waals surface area (Å²) in [6.45, 7) is 0. The third-order valence-electron chi connectivity index (χ3n) is 2.95. The summed E-state index contributed by atoms with van der Waals surface area (Å²) >= 11 is 12.1. The first-order valence-corrected chi connectivity index (χ1v) is 7.90. The van der Waals surface area contributed by atoms with E-state index in [1.54, 1.807) is 12.1 Å². The van der Waals surface area contributed by atoms with Crippen LogP contribution >= 0.6 is 23.2 Å². The van der Waals surface area contributed by atoms with Gasteiger partial charge in [-0.2, -0.15) is 0 Å². The van der Waals surface area contributed by atoms with Crippen LogP contribution in [-0.2, 0) is 20.3 Å². The van der Waals surface area contributed by atoms with Crippen LogP contribution in [0.1, 0.15) is 11.6 Å². The van der Waals surface area contributed by atoms with E-state index < -0.39 is 22.8 Å². The normalized spacial score (nSPS) is 27.0. The van der Waals surface area contributed by atoms with E-state index in [0.717, 1.165) is 5.56 Å². The number of hydrogen-bond acceptors (Lipinski definition) is 4. The lowest BCUT2D eigenvalue weighted by atomic mass is 10.1. The van der Waals surface area contributed by atoms with Crippen LogP contribution in [0.25, 0.3) is 0 Å². The second-order valence-electron chi connectivity index (χ2n) is 4.21. The Morgan fingerprint density at radius 2 is 2.16 bits per heavy atom. The van der Waals surface area contributed by atoms with Crippen molar-refractivity contribution in [3.8, 4) is 0 Å². The number of methoxy groups -OCH3 is 1. The Bertz CT molecular complexity index is 524. The number of hydrogen-bond donors (Lipinski definition) is 1. The van der Waals surface area contributed by atoms with Gasteiger partial charge < -0.3 is 4.74 Å². The van der Waals surface area contributed by atoms with Crippen LogP contribution in [0.3, 0.4) is 0 Å². The van der Waals surface area contributed by atoms with Crippen LogP contribution in [0.5, 0.6) is 0 Å². The molecule has 1 aliphatic rings. The summed E-state index contributed by atoms with van der Waals surface area (Å²) in [5.41, 5.74) is 0.746. The molecular formula is C12H13Cl2NO3S. The summed E-state index contributed by atoms with van der Waals surface area (Å²) in [5.74, 6) is 0.228. The average Bonchev–Trinajstić information content (AvgIpc) is 2.40. The molecule has 19 heavy (non-hydrogen) atoms. The molecule has 1 fully saturated rings. The van der Waals surface area contributed by atoms with E-state index in [4.69, 9.17) is 23.2 Å². The summed E-state index contributed by atoms with van der Waals surface area (Å²) in [4.78, 5) is 11.6. The summed E-state index contributed by atoms with van der Waals surface area (Å²) in [5, 5.41) is 3.97. The molecular weight excluding hydrogens is 309 g/mol. The van der Waals surface area contributed by atoms with Crippen LogP contribution in [0, 0.1) is 0 Å². The maximum atomic E-state index is 11.9. The van der Waals surface area contributed by atoms with Gasteiger partial charge in [0.1, 0.15) is 6.04 Å². The topological polar surface area (TPSA) is 55.4 Å². The van der Waals surface area contributed by atoms with Gasteiger partial charge in [0.2, 0.25) is 0 Å². The number of halogens is 2. The van der Waals surface area contributed by atoms with Gasteiger partial charge in [-0.25, -0.2) is 0 Å². The van der Waals surface area contributed by atoms with E-state index in [2.05, 4.69) is 10.1 Å². The Balaban J connectivity index is 2.26. The van der Waals surface area contributed by atoms with Crippen LogP contribution < -0.4 is 5.32 Å². The molecule has 2 rings (SSSR count). The quantitative estimate of drug-likeness (QED) is 0.846. The molecule has 1 aliphatic heterocycles. The monoisotopic (exact) mass is 321 g/mol. The number of nitrogens with one attached hydrogen (secondary N) is 1. The van der Waals surface area contributed by atoms with Crippen molar-refractivity contribution in [2.45, 2.75) is 12.1 Å². The van der Waals surface area contributed by atoms with Crippen LogP contribution in [0.15, 0.2) is 18.2 Å². The minimum Gasteiger partial charge on any atom is -0.468 e. The lowest BCUT2D eigenvalue weighted by Gasteiger charge is -2.29. The van der Waals surface area contributed by atoms with Crippen molar-refractivity contribution in [3.63, 3.8) is 0 Å². The molecule has 0 bridgehead atoms. The Labute approximate surface area is 123 Å². The molecule has 0 spiro atoms. The number of esters is 1. The van der Waals surface area contributed by atoms with Crippen LogP contribution in [-0.4, -0.2) is 34.8 Å². The molecule has 4 nitrogen and oxygen atoms in total. The van der Waals surface area contributed by atoms with Crippen LogP contribution in [0.4, 0.5) is 0 Å². The second-order valence-corrected chi connectivity index (χ2v) is 6.54. The lowest BCUT2D eigenvalue weighted by Crippen LogP contribution is -2.49. The highest BCUT2D eigenvalue weighted by Crippen LogP contribution is 2.31. The van der Waals surface area contributed by atoms with Crippen molar-refractivity contribution >= 4 is 40.0 Å². The van der Waals surface area contributed by atoms with Crippen molar-refractivity contribution in [3.05, 3.63) is 33.8 Å². The van der Waals surface area contributed by atoms with Gasteiger partial charge in [0.15, 0.2) is 0 Å². The molecule has 1 saturated heterocycles. The van der Waals surface area contributed by atoms with E-state index in [9.17, 15) is 9.00 Å².